The number of carbonyl (C=O) groups is 3. The minimum absolute atomic E-state index is 0.0607. The largest absolute Gasteiger partial charge is 0.384 e. The first-order chi connectivity index (χ1) is 16.8. The highest BCUT2D eigenvalue weighted by atomic mass is 32.2. The van der Waals surface area contributed by atoms with Crippen LogP contribution < -0.4 is 21.3 Å². The predicted molar refractivity (Wildman–Crippen MR) is 143 cm³/mol. The Kier molecular flexibility index (Phi) is 10.3. The molecule has 2 fully saturated rings. The average molecular weight is 505 g/mol. The molecule has 3 unspecified atom stereocenters. The monoisotopic (exact) mass is 504 g/mol. The lowest BCUT2D eigenvalue weighted by Gasteiger charge is -2.30. The van der Waals surface area contributed by atoms with Crippen molar-refractivity contribution in [1.82, 2.24) is 16.0 Å². The number of urea groups is 1. The van der Waals surface area contributed by atoms with Crippen molar-refractivity contribution in [2.24, 2.45) is 0 Å². The summed E-state index contributed by atoms with van der Waals surface area (Å²) < 4.78 is 0.897. The lowest BCUT2D eigenvalue weighted by atomic mass is 10.0. The minimum atomic E-state index is -0.0607. The van der Waals surface area contributed by atoms with Crippen molar-refractivity contribution in [2.45, 2.75) is 62.8 Å². The number of Topliss-reactive ketones (excluding diaryl/α,β-unsaturated/α-hetero) is 1. The second-order valence-electron chi connectivity index (χ2n) is 10.2. The van der Waals surface area contributed by atoms with E-state index in [0.717, 1.165) is 66.8 Å². The second kappa shape index (κ2) is 13.2. The van der Waals surface area contributed by atoms with Gasteiger partial charge >= 0.3 is 6.03 Å². The summed E-state index contributed by atoms with van der Waals surface area (Å²) in [6, 6.07) is 8.11. The Bertz CT molecular complexity index is 878. The molecule has 8 nitrogen and oxygen atoms in total. The van der Waals surface area contributed by atoms with E-state index >= 15 is 0 Å². The third kappa shape index (κ3) is 8.42. The molecule has 35 heavy (non-hydrogen) atoms. The summed E-state index contributed by atoms with van der Waals surface area (Å²) in [5, 5.41) is 12.9. The Balaban J connectivity index is 1.24. The van der Waals surface area contributed by atoms with E-state index in [0.29, 0.717) is 24.6 Å². The van der Waals surface area contributed by atoms with E-state index in [1.54, 1.807) is 0 Å². The summed E-state index contributed by atoms with van der Waals surface area (Å²) in [7, 11) is 4.44. The van der Waals surface area contributed by atoms with E-state index in [-0.39, 0.29) is 29.8 Å². The summed E-state index contributed by atoms with van der Waals surface area (Å²) in [4.78, 5) is 35.8. The Hall–Kier alpha value is -2.26. The van der Waals surface area contributed by atoms with E-state index in [1.807, 2.05) is 43.0 Å². The van der Waals surface area contributed by atoms with Crippen LogP contribution in [0.5, 0.6) is 0 Å². The molecular formula is C26H42N5O3S+. The molecule has 194 valence electrons. The molecular weight excluding hydrogens is 462 g/mol. The normalized spacial score (nSPS) is 21.2. The van der Waals surface area contributed by atoms with Crippen LogP contribution in [-0.4, -0.2) is 85.6 Å². The van der Waals surface area contributed by atoms with Crippen LogP contribution in [0.3, 0.4) is 0 Å². The van der Waals surface area contributed by atoms with Gasteiger partial charge in [0.2, 0.25) is 5.91 Å². The molecule has 2 aliphatic heterocycles. The second-order valence-corrected chi connectivity index (χ2v) is 11.5. The van der Waals surface area contributed by atoms with E-state index in [2.05, 4.69) is 35.4 Å². The summed E-state index contributed by atoms with van der Waals surface area (Å²) in [5.74, 6) is 1.24. The maximum Gasteiger partial charge on any atom is 0.315 e. The highest BCUT2D eigenvalue weighted by Gasteiger charge is 2.42. The van der Waals surface area contributed by atoms with Gasteiger partial charge in [0.15, 0.2) is 5.78 Å². The van der Waals surface area contributed by atoms with Crippen molar-refractivity contribution in [3.05, 3.63) is 29.8 Å². The van der Waals surface area contributed by atoms with Crippen LogP contribution in [0, 0.1) is 0 Å². The van der Waals surface area contributed by atoms with E-state index < -0.39 is 0 Å². The summed E-state index contributed by atoms with van der Waals surface area (Å²) in [6.07, 6.45) is 4.81. The van der Waals surface area contributed by atoms with Gasteiger partial charge in [-0.05, 0) is 25.0 Å². The maximum atomic E-state index is 12.2. The molecule has 1 aromatic rings. The zero-order valence-corrected chi connectivity index (χ0v) is 22.2. The van der Waals surface area contributed by atoms with Gasteiger partial charge in [-0.15, -0.1) is 0 Å². The number of thioether (sulfide) groups is 1. The van der Waals surface area contributed by atoms with Gasteiger partial charge in [-0.3, -0.25) is 9.59 Å². The topological polar surface area (TPSA) is 99.3 Å². The first-order valence-electron chi connectivity index (χ1n) is 12.9. The van der Waals surface area contributed by atoms with E-state index in [4.69, 9.17) is 0 Å². The highest BCUT2D eigenvalue weighted by Crippen LogP contribution is 2.33. The third-order valence-corrected chi connectivity index (χ3v) is 8.41. The van der Waals surface area contributed by atoms with E-state index in [1.165, 1.54) is 0 Å². The van der Waals surface area contributed by atoms with Crippen LogP contribution in [-0.2, 0) is 4.79 Å². The van der Waals surface area contributed by atoms with Crippen molar-refractivity contribution in [1.29, 1.82) is 0 Å². The fourth-order valence-electron chi connectivity index (χ4n) is 4.84. The zero-order chi connectivity index (χ0) is 25.3. The Morgan fingerprint density at radius 1 is 1.09 bits per heavy atom. The lowest BCUT2D eigenvalue weighted by Crippen LogP contribution is -2.43. The van der Waals surface area contributed by atoms with Crippen molar-refractivity contribution in [3.8, 4) is 0 Å². The third-order valence-electron chi connectivity index (χ3n) is 6.90. The molecule has 0 radical (unpaired) electrons. The van der Waals surface area contributed by atoms with Crippen LogP contribution in [0.1, 0.15) is 55.8 Å². The first kappa shape index (κ1) is 27.3. The number of rotatable bonds is 15. The highest BCUT2D eigenvalue weighted by molar-refractivity contribution is 8.00. The number of anilines is 1. The molecule has 3 amide bonds. The van der Waals surface area contributed by atoms with Gasteiger partial charge in [-0.25, -0.2) is 4.79 Å². The SMILES string of the molecule is CCC(=O)c1ccccc1NCCC[N+](C)(C)CCCNC(=O)CCCC1SCC2NC(=O)NC21. The quantitative estimate of drug-likeness (QED) is 0.127. The van der Waals surface area contributed by atoms with Crippen molar-refractivity contribution >= 4 is 35.2 Å². The number of hydrogen-bond donors (Lipinski definition) is 4. The minimum Gasteiger partial charge on any atom is -0.384 e. The zero-order valence-electron chi connectivity index (χ0n) is 21.4. The van der Waals surface area contributed by atoms with Crippen molar-refractivity contribution in [3.63, 3.8) is 0 Å². The average Bonchev–Trinajstić information content (AvgIpc) is 3.39. The van der Waals surface area contributed by atoms with Gasteiger partial charge in [-0.1, -0.05) is 19.1 Å². The number of fused-ring (bicyclic) bond motifs is 1. The van der Waals surface area contributed by atoms with Crippen LogP contribution in [0.15, 0.2) is 24.3 Å². The number of nitrogens with one attached hydrogen (secondary N) is 4. The van der Waals surface area contributed by atoms with Crippen molar-refractivity contribution < 1.29 is 18.9 Å². The molecule has 3 rings (SSSR count). The molecule has 2 aliphatic rings. The fourth-order valence-corrected chi connectivity index (χ4v) is 6.39. The lowest BCUT2D eigenvalue weighted by molar-refractivity contribution is -0.890. The van der Waals surface area contributed by atoms with Gasteiger partial charge in [0, 0.05) is 61.0 Å². The Morgan fingerprint density at radius 2 is 1.83 bits per heavy atom. The maximum absolute atomic E-state index is 12.2. The Labute approximate surface area is 213 Å². The molecule has 9 heteroatoms. The molecule has 2 saturated heterocycles. The van der Waals surface area contributed by atoms with E-state index in [9.17, 15) is 14.4 Å². The Morgan fingerprint density at radius 3 is 2.60 bits per heavy atom. The number of para-hydroxylation sites is 1. The molecule has 0 aliphatic carbocycles. The molecule has 0 saturated carbocycles. The standard InChI is InChI=1S/C26H41N5O3S/c1-4-22(32)19-10-5-6-11-20(19)27-14-8-16-31(2,3)17-9-15-28-24(33)13-7-12-23-25-21(18-35-23)29-26(34)30-25/h5-6,10-11,21,23,25H,4,7-9,12-18H2,1-3H3,(H3-,27,28,29,30,32,33,34)/p+1. The molecule has 1 aromatic carbocycles. The van der Waals surface area contributed by atoms with Gasteiger partial charge in [0.1, 0.15) is 0 Å². The number of hydrogen-bond acceptors (Lipinski definition) is 5. The number of amides is 3. The molecule has 2 heterocycles. The molecule has 3 atom stereocenters. The van der Waals surface area contributed by atoms with Gasteiger partial charge in [-0.2, -0.15) is 11.8 Å². The number of benzene rings is 1. The van der Waals surface area contributed by atoms with Gasteiger partial charge < -0.3 is 25.8 Å². The van der Waals surface area contributed by atoms with Gasteiger partial charge in [0.25, 0.3) is 0 Å². The summed E-state index contributed by atoms with van der Waals surface area (Å²) in [5.41, 5.74) is 1.69. The van der Waals surface area contributed by atoms with Gasteiger partial charge in [0.05, 0.1) is 39.3 Å². The molecule has 4 N–H and O–H groups in total. The molecule has 0 aromatic heterocycles. The summed E-state index contributed by atoms with van der Waals surface area (Å²) in [6.45, 7) is 5.44. The fraction of sp³-hybridized carbons (Fsp3) is 0.654. The smallest absolute Gasteiger partial charge is 0.315 e. The number of ketones is 1. The predicted octanol–water partition coefficient (Wildman–Crippen LogP) is 3.00. The first-order valence-corrected chi connectivity index (χ1v) is 14.0. The number of carbonyl (C=O) groups excluding carboxylic acids is 3. The van der Waals surface area contributed by atoms with Crippen LogP contribution >= 0.6 is 11.8 Å². The summed E-state index contributed by atoms with van der Waals surface area (Å²) >= 11 is 1.89. The van der Waals surface area contributed by atoms with Crippen LogP contribution in [0.25, 0.3) is 0 Å². The number of nitrogens with zero attached hydrogens (tertiary/aromatic N) is 1. The number of quaternary nitrogens is 1. The van der Waals surface area contributed by atoms with Crippen LogP contribution in [0.2, 0.25) is 0 Å². The van der Waals surface area contributed by atoms with Crippen molar-refractivity contribution in [2.75, 3.05) is 51.3 Å². The molecule has 0 bridgehead atoms. The van der Waals surface area contributed by atoms with Crippen LogP contribution in [0.4, 0.5) is 10.5 Å². The molecule has 0 spiro atoms.